The molecule has 0 bridgehead atoms. The minimum absolute atomic E-state index is 0.103. The number of rotatable bonds is 57. The lowest BCUT2D eigenvalue weighted by molar-refractivity contribution is -0.166. The van der Waals surface area contributed by atoms with E-state index in [0.717, 1.165) is 64.2 Å². The van der Waals surface area contributed by atoms with Crippen LogP contribution < -0.4 is 0 Å². The van der Waals surface area contributed by atoms with Crippen molar-refractivity contribution in [1.82, 2.24) is 0 Å². The Bertz CT molecular complexity index is 1360. The van der Waals surface area contributed by atoms with Crippen LogP contribution in [0.3, 0.4) is 0 Å². The number of unbranched alkanes of at least 4 members (excludes halogenated alkanes) is 34. The van der Waals surface area contributed by atoms with Crippen LogP contribution in [0.2, 0.25) is 0 Å². The maximum atomic E-state index is 12.9. The van der Waals surface area contributed by atoms with E-state index in [0.29, 0.717) is 19.3 Å². The van der Waals surface area contributed by atoms with Gasteiger partial charge in [0.15, 0.2) is 6.10 Å². The van der Waals surface area contributed by atoms with Crippen LogP contribution in [-0.2, 0) is 28.6 Å². The van der Waals surface area contributed by atoms with Crippen molar-refractivity contribution in [3.05, 3.63) is 72.9 Å². The molecule has 6 nitrogen and oxygen atoms in total. The number of hydrogen-bond acceptors (Lipinski definition) is 6. The van der Waals surface area contributed by atoms with Crippen molar-refractivity contribution >= 4 is 17.9 Å². The summed E-state index contributed by atoms with van der Waals surface area (Å²) in [6.45, 7) is 6.59. The summed E-state index contributed by atoms with van der Waals surface area (Å²) < 4.78 is 16.9. The average Bonchev–Trinajstić information content (AvgIpc) is 3.39. The van der Waals surface area contributed by atoms with Gasteiger partial charge in [-0.25, -0.2) is 0 Å². The van der Waals surface area contributed by atoms with E-state index in [9.17, 15) is 14.4 Å². The highest BCUT2D eigenvalue weighted by Gasteiger charge is 2.19. The first-order chi connectivity index (χ1) is 36.0. The van der Waals surface area contributed by atoms with Crippen molar-refractivity contribution in [3.63, 3.8) is 0 Å². The van der Waals surface area contributed by atoms with E-state index in [2.05, 4.69) is 87.6 Å². The van der Waals surface area contributed by atoms with Crippen LogP contribution in [0.5, 0.6) is 0 Å². The Labute approximate surface area is 453 Å². The molecule has 0 aliphatic heterocycles. The van der Waals surface area contributed by atoms with Crippen LogP contribution in [0.15, 0.2) is 72.9 Å². The van der Waals surface area contributed by atoms with Crippen LogP contribution >= 0.6 is 0 Å². The highest BCUT2D eigenvalue weighted by molar-refractivity contribution is 5.71. The molecule has 0 spiro atoms. The van der Waals surface area contributed by atoms with Gasteiger partial charge < -0.3 is 14.2 Å². The summed E-state index contributed by atoms with van der Waals surface area (Å²) >= 11 is 0. The Morgan fingerprint density at radius 2 is 0.521 bits per heavy atom. The van der Waals surface area contributed by atoms with Crippen LogP contribution in [0.25, 0.3) is 0 Å². The minimum Gasteiger partial charge on any atom is -0.462 e. The molecular weight excluding hydrogens is 901 g/mol. The fraction of sp³-hybridized carbons (Fsp3) is 0.776. The van der Waals surface area contributed by atoms with Crippen molar-refractivity contribution in [2.24, 2.45) is 0 Å². The van der Waals surface area contributed by atoms with Gasteiger partial charge in [-0.1, -0.05) is 286 Å². The third kappa shape index (κ3) is 59.6. The standard InChI is InChI=1S/C67H118O6/c1-4-7-10-13-16-19-22-25-28-31-33-36-39-42-45-48-51-54-57-60-66(69)72-63-64(62-71-65(68)59-56-53-50-47-44-41-38-35-30-27-24-21-18-15-12-9-6-3)73-67(70)61-58-55-52-49-46-43-40-37-34-32-29-26-23-20-17-14-11-8-5-2/h17,20,25-26,28-29,34,37,43,46,52,55,64H,4-16,18-19,21-24,27,30-33,35-36,38-42,44-45,47-51,53-54,56-63H2,1-3H3/b20-17-,28-25-,29-26-,37-34-,46-43-,55-52-/t64-/m0/s1. The lowest BCUT2D eigenvalue weighted by Gasteiger charge is -2.18. The Kier molecular flexibility index (Phi) is 58.7. The molecule has 0 aromatic carbocycles. The Morgan fingerprint density at radius 1 is 0.274 bits per heavy atom. The fourth-order valence-electron chi connectivity index (χ4n) is 8.95. The molecule has 0 aromatic rings. The predicted octanol–water partition coefficient (Wildman–Crippen LogP) is 21.3. The molecule has 1 atom stereocenters. The van der Waals surface area contributed by atoms with Crippen LogP contribution in [0, 0.1) is 0 Å². The summed E-state index contributed by atoms with van der Waals surface area (Å²) in [7, 11) is 0. The van der Waals surface area contributed by atoms with Crippen molar-refractivity contribution in [2.75, 3.05) is 13.2 Å². The third-order valence-electron chi connectivity index (χ3n) is 13.7. The first-order valence-electron chi connectivity index (χ1n) is 31.4. The molecular formula is C67H118O6. The molecule has 73 heavy (non-hydrogen) atoms. The summed E-state index contributed by atoms with van der Waals surface area (Å²) in [5, 5.41) is 0. The molecule has 0 radical (unpaired) electrons. The molecule has 0 unspecified atom stereocenters. The molecule has 0 aromatic heterocycles. The van der Waals surface area contributed by atoms with Crippen molar-refractivity contribution < 1.29 is 28.6 Å². The van der Waals surface area contributed by atoms with Gasteiger partial charge in [0.05, 0.1) is 0 Å². The maximum absolute atomic E-state index is 12.9. The summed E-state index contributed by atoms with van der Waals surface area (Å²) in [5.74, 6) is -0.973. The predicted molar refractivity (Wildman–Crippen MR) is 316 cm³/mol. The molecule has 6 heteroatoms. The van der Waals surface area contributed by atoms with Crippen LogP contribution in [-0.4, -0.2) is 37.2 Å². The van der Waals surface area contributed by atoms with Gasteiger partial charge in [0.1, 0.15) is 13.2 Å². The largest absolute Gasteiger partial charge is 0.462 e. The highest BCUT2D eigenvalue weighted by atomic mass is 16.6. The zero-order valence-electron chi connectivity index (χ0n) is 48.4. The van der Waals surface area contributed by atoms with Gasteiger partial charge in [0, 0.05) is 19.3 Å². The van der Waals surface area contributed by atoms with Crippen molar-refractivity contribution in [2.45, 2.75) is 322 Å². The average molecular weight is 1020 g/mol. The van der Waals surface area contributed by atoms with E-state index in [1.807, 2.05) is 6.08 Å². The lowest BCUT2D eigenvalue weighted by atomic mass is 10.0. The smallest absolute Gasteiger partial charge is 0.306 e. The SMILES string of the molecule is CCCCC/C=C\C/C=C\C/C=C\C/C=C\C/C=C\CCC(=O)O[C@H](COC(=O)CCCCCCCCCCC/C=C\CCCCCCCC)COC(=O)CCCCCCCCCCCCCCCCCCC. The first-order valence-corrected chi connectivity index (χ1v) is 31.4. The van der Waals surface area contributed by atoms with E-state index in [4.69, 9.17) is 14.2 Å². The summed E-state index contributed by atoms with van der Waals surface area (Å²) in [4.78, 5) is 38.3. The zero-order valence-corrected chi connectivity index (χ0v) is 48.4. The molecule has 0 rings (SSSR count). The molecule has 422 valence electrons. The van der Waals surface area contributed by atoms with Gasteiger partial charge in [-0.05, 0) is 83.5 Å². The number of esters is 3. The van der Waals surface area contributed by atoms with E-state index < -0.39 is 6.10 Å². The second kappa shape index (κ2) is 61.4. The number of carbonyl (C=O) groups is 3. The Hall–Kier alpha value is -3.15. The van der Waals surface area contributed by atoms with Crippen molar-refractivity contribution in [1.29, 1.82) is 0 Å². The normalized spacial score (nSPS) is 12.5. The quantitative estimate of drug-likeness (QED) is 0.0261. The number of ether oxygens (including phenoxy) is 3. The molecule has 0 saturated carbocycles. The van der Waals surface area contributed by atoms with Crippen molar-refractivity contribution in [3.8, 4) is 0 Å². The van der Waals surface area contributed by atoms with Crippen LogP contribution in [0.1, 0.15) is 316 Å². The van der Waals surface area contributed by atoms with Gasteiger partial charge in [-0.2, -0.15) is 0 Å². The molecule has 0 heterocycles. The number of hydrogen-bond donors (Lipinski definition) is 0. The second-order valence-electron chi connectivity index (χ2n) is 21.0. The van der Waals surface area contributed by atoms with Gasteiger partial charge in [-0.15, -0.1) is 0 Å². The van der Waals surface area contributed by atoms with E-state index in [1.165, 1.54) is 205 Å². The van der Waals surface area contributed by atoms with Gasteiger partial charge in [-0.3, -0.25) is 14.4 Å². The monoisotopic (exact) mass is 1020 g/mol. The molecule has 0 N–H and O–H groups in total. The lowest BCUT2D eigenvalue weighted by Crippen LogP contribution is -2.30. The molecule has 0 aliphatic carbocycles. The molecule has 0 fully saturated rings. The number of carbonyl (C=O) groups excluding carboxylic acids is 3. The minimum atomic E-state index is -0.815. The van der Waals surface area contributed by atoms with Gasteiger partial charge in [0.2, 0.25) is 0 Å². The fourth-order valence-corrected chi connectivity index (χ4v) is 8.95. The molecule has 0 aliphatic rings. The number of allylic oxidation sites excluding steroid dienone is 12. The first kappa shape index (κ1) is 69.8. The zero-order chi connectivity index (χ0) is 52.9. The van der Waals surface area contributed by atoms with E-state index >= 15 is 0 Å². The maximum Gasteiger partial charge on any atom is 0.306 e. The molecule has 0 amide bonds. The van der Waals surface area contributed by atoms with Gasteiger partial charge in [0.25, 0.3) is 0 Å². The van der Waals surface area contributed by atoms with Gasteiger partial charge >= 0.3 is 17.9 Å². The summed E-state index contributed by atoms with van der Waals surface area (Å²) in [6, 6.07) is 0. The molecule has 0 saturated heterocycles. The summed E-state index contributed by atoms with van der Waals surface area (Å²) in [6.07, 6.45) is 79.1. The highest BCUT2D eigenvalue weighted by Crippen LogP contribution is 2.16. The Balaban J connectivity index is 4.46. The summed E-state index contributed by atoms with van der Waals surface area (Å²) in [5.41, 5.74) is 0. The van der Waals surface area contributed by atoms with Crippen LogP contribution in [0.4, 0.5) is 0 Å². The third-order valence-corrected chi connectivity index (χ3v) is 13.7. The second-order valence-corrected chi connectivity index (χ2v) is 21.0. The van der Waals surface area contributed by atoms with E-state index in [1.54, 1.807) is 0 Å². The van der Waals surface area contributed by atoms with E-state index in [-0.39, 0.29) is 37.5 Å². The Morgan fingerprint density at radius 3 is 0.863 bits per heavy atom. The topological polar surface area (TPSA) is 78.9 Å².